The van der Waals surface area contributed by atoms with Crippen LogP contribution in [0.25, 0.3) is 0 Å². The molecule has 0 aromatic heterocycles. The van der Waals surface area contributed by atoms with Gasteiger partial charge in [-0.1, -0.05) is 0 Å². The van der Waals surface area contributed by atoms with Crippen LogP contribution in [-0.4, -0.2) is 26.3 Å². The van der Waals surface area contributed by atoms with E-state index in [0.717, 1.165) is 0 Å². The summed E-state index contributed by atoms with van der Waals surface area (Å²) in [4.78, 5) is 11.5. The average molecular weight is 256 g/mol. The molecule has 100 valence electrons. The van der Waals surface area contributed by atoms with Gasteiger partial charge >= 0.3 is 5.97 Å². The molecule has 0 amide bonds. The van der Waals surface area contributed by atoms with Crippen molar-refractivity contribution in [2.45, 2.75) is 20.8 Å². The Morgan fingerprint density at radius 2 is 1.89 bits per heavy atom. The zero-order valence-electron chi connectivity index (χ0n) is 11.0. The number of ether oxygens (including phenoxy) is 3. The minimum Gasteiger partial charge on any atom is -0.493 e. The van der Waals surface area contributed by atoms with Gasteiger partial charge in [0, 0.05) is 5.56 Å². The highest BCUT2D eigenvalue weighted by atomic mass is 19.1. The van der Waals surface area contributed by atoms with Crippen LogP contribution >= 0.6 is 0 Å². The highest BCUT2D eigenvalue weighted by Gasteiger charge is 2.22. The number of hydrogen-bond acceptors (Lipinski definition) is 4. The van der Waals surface area contributed by atoms with Crippen LogP contribution in [0.15, 0.2) is 6.07 Å². The molecular weight excluding hydrogens is 239 g/mol. The van der Waals surface area contributed by atoms with E-state index in [1.165, 1.54) is 13.2 Å². The third-order valence-corrected chi connectivity index (χ3v) is 2.42. The lowest BCUT2D eigenvalue weighted by Gasteiger charge is -2.15. The largest absolute Gasteiger partial charge is 0.493 e. The summed E-state index contributed by atoms with van der Waals surface area (Å²) in [5.74, 6) is -1.02. The summed E-state index contributed by atoms with van der Waals surface area (Å²) in [6.07, 6.45) is 0. The summed E-state index contributed by atoms with van der Waals surface area (Å²) in [6.45, 7) is 5.94. The fourth-order valence-corrected chi connectivity index (χ4v) is 1.58. The van der Waals surface area contributed by atoms with E-state index in [1.54, 1.807) is 20.8 Å². The van der Waals surface area contributed by atoms with E-state index in [0.29, 0.717) is 24.5 Å². The van der Waals surface area contributed by atoms with E-state index in [-0.39, 0.29) is 11.3 Å². The van der Waals surface area contributed by atoms with Gasteiger partial charge in [-0.15, -0.1) is 0 Å². The second-order valence-electron chi connectivity index (χ2n) is 3.55. The summed E-state index contributed by atoms with van der Waals surface area (Å²) < 4.78 is 29.2. The summed E-state index contributed by atoms with van der Waals surface area (Å²) >= 11 is 0. The maximum Gasteiger partial charge on any atom is 0.341 e. The number of carbonyl (C=O) groups is 1. The Labute approximate surface area is 106 Å². The van der Waals surface area contributed by atoms with E-state index in [1.807, 2.05) is 0 Å². The fourth-order valence-electron chi connectivity index (χ4n) is 1.58. The van der Waals surface area contributed by atoms with Crippen molar-refractivity contribution in [2.75, 3.05) is 20.3 Å². The van der Waals surface area contributed by atoms with Crippen LogP contribution in [0.5, 0.6) is 11.5 Å². The topological polar surface area (TPSA) is 44.8 Å². The van der Waals surface area contributed by atoms with Gasteiger partial charge in [0.15, 0.2) is 11.6 Å². The second kappa shape index (κ2) is 6.23. The Hall–Kier alpha value is -1.78. The molecule has 0 aliphatic carbocycles. The number of esters is 1. The van der Waals surface area contributed by atoms with Gasteiger partial charge in [0.2, 0.25) is 0 Å². The standard InChI is InChI=1S/C13H17FO4/c1-5-17-10-7-9(13(15)16-4)11(14)12(8(10)3)18-6-2/h7H,5-6H2,1-4H3. The van der Waals surface area contributed by atoms with Crippen LogP contribution in [0.1, 0.15) is 29.8 Å². The number of hydrogen-bond donors (Lipinski definition) is 0. The maximum atomic E-state index is 14.1. The van der Waals surface area contributed by atoms with Gasteiger partial charge < -0.3 is 14.2 Å². The number of rotatable bonds is 5. The zero-order chi connectivity index (χ0) is 13.7. The molecule has 0 aliphatic heterocycles. The van der Waals surface area contributed by atoms with E-state index in [9.17, 15) is 9.18 Å². The van der Waals surface area contributed by atoms with Gasteiger partial charge in [-0.25, -0.2) is 9.18 Å². The molecule has 18 heavy (non-hydrogen) atoms. The third-order valence-electron chi connectivity index (χ3n) is 2.42. The normalized spacial score (nSPS) is 10.1. The number of benzene rings is 1. The Balaban J connectivity index is 3.39. The highest BCUT2D eigenvalue weighted by Crippen LogP contribution is 2.33. The lowest BCUT2D eigenvalue weighted by Crippen LogP contribution is -2.09. The molecule has 0 atom stereocenters. The van der Waals surface area contributed by atoms with Crippen molar-refractivity contribution in [2.24, 2.45) is 0 Å². The van der Waals surface area contributed by atoms with Gasteiger partial charge in [-0.05, 0) is 26.8 Å². The van der Waals surface area contributed by atoms with Crippen molar-refractivity contribution in [3.8, 4) is 11.5 Å². The Morgan fingerprint density at radius 1 is 1.28 bits per heavy atom. The monoisotopic (exact) mass is 256 g/mol. The predicted octanol–water partition coefficient (Wildman–Crippen LogP) is 2.72. The van der Waals surface area contributed by atoms with Crippen LogP contribution in [0.4, 0.5) is 4.39 Å². The number of halogens is 1. The van der Waals surface area contributed by atoms with Crippen molar-refractivity contribution in [3.05, 3.63) is 23.0 Å². The lowest BCUT2D eigenvalue weighted by atomic mass is 10.1. The van der Waals surface area contributed by atoms with Crippen molar-refractivity contribution in [1.82, 2.24) is 0 Å². The van der Waals surface area contributed by atoms with Gasteiger partial charge in [0.1, 0.15) is 11.3 Å². The SMILES string of the molecule is CCOc1cc(C(=O)OC)c(F)c(OCC)c1C. The van der Waals surface area contributed by atoms with E-state index in [2.05, 4.69) is 4.74 Å². The number of carbonyl (C=O) groups excluding carboxylic acids is 1. The first-order valence-corrected chi connectivity index (χ1v) is 5.73. The number of methoxy groups -OCH3 is 1. The fraction of sp³-hybridized carbons (Fsp3) is 0.462. The van der Waals surface area contributed by atoms with E-state index < -0.39 is 11.8 Å². The predicted molar refractivity (Wildman–Crippen MR) is 64.8 cm³/mol. The molecule has 0 saturated heterocycles. The first kappa shape index (κ1) is 14.3. The minimum atomic E-state index is -0.755. The summed E-state index contributed by atoms with van der Waals surface area (Å²) in [5, 5.41) is 0. The molecule has 0 saturated carbocycles. The zero-order valence-corrected chi connectivity index (χ0v) is 11.0. The summed E-state index contributed by atoms with van der Waals surface area (Å²) in [6, 6.07) is 1.34. The highest BCUT2D eigenvalue weighted by molar-refractivity contribution is 5.91. The van der Waals surface area contributed by atoms with Gasteiger partial charge in [-0.3, -0.25) is 0 Å². The Kier molecular flexibility index (Phi) is 4.95. The molecule has 1 rings (SSSR count). The smallest absolute Gasteiger partial charge is 0.341 e. The molecule has 0 radical (unpaired) electrons. The summed E-state index contributed by atoms with van der Waals surface area (Å²) in [5.41, 5.74) is 0.346. The van der Waals surface area contributed by atoms with Crippen LogP contribution in [0, 0.1) is 12.7 Å². The molecule has 1 aromatic carbocycles. The van der Waals surface area contributed by atoms with Crippen LogP contribution in [0.2, 0.25) is 0 Å². The molecular formula is C13H17FO4. The average Bonchev–Trinajstić information content (AvgIpc) is 2.37. The molecule has 0 unspecified atom stereocenters. The Bertz CT molecular complexity index is 443. The van der Waals surface area contributed by atoms with Gasteiger partial charge in [0.05, 0.1) is 20.3 Å². The third kappa shape index (κ3) is 2.72. The van der Waals surface area contributed by atoms with Crippen LogP contribution in [-0.2, 0) is 4.74 Å². The minimum absolute atomic E-state index is 0.0313. The molecule has 0 aliphatic rings. The van der Waals surface area contributed by atoms with Crippen molar-refractivity contribution < 1.29 is 23.4 Å². The Morgan fingerprint density at radius 3 is 2.39 bits per heavy atom. The van der Waals surface area contributed by atoms with Crippen LogP contribution in [0.3, 0.4) is 0 Å². The molecule has 0 fully saturated rings. The van der Waals surface area contributed by atoms with E-state index >= 15 is 0 Å². The van der Waals surface area contributed by atoms with Crippen molar-refractivity contribution in [3.63, 3.8) is 0 Å². The van der Waals surface area contributed by atoms with Gasteiger partial charge in [0.25, 0.3) is 0 Å². The van der Waals surface area contributed by atoms with Crippen molar-refractivity contribution >= 4 is 5.97 Å². The van der Waals surface area contributed by atoms with Gasteiger partial charge in [-0.2, -0.15) is 0 Å². The first-order chi connectivity index (χ1) is 8.56. The molecule has 4 nitrogen and oxygen atoms in total. The molecule has 0 spiro atoms. The summed E-state index contributed by atoms with van der Waals surface area (Å²) in [7, 11) is 1.20. The molecule has 5 heteroatoms. The molecule has 0 bridgehead atoms. The molecule has 0 N–H and O–H groups in total. The molecule has 0 heterocycles. The van der Waals surface area contributed by atoms with E-state index in [4.69, 9.17) is 9.47 Å². The second-order valence-corrected chi connectivity index (χ2v) is 3.55. The first-order valence-electron chi connectivity index (χ1n) is 5.73. The van der Waals surface area contributed by atoms with Crippen LogP contribution < -0.4 is 9.47 Å². The molecule has 1 aromatic rings. The lowest BCUT2D eigenvalue weighted by molar-refractivity contribution is 0.0593. The maximum absolute atomic E-state index is 14.1. The quantitative estimate of drug-likeness (QED) is 0.760. The van der Waals surface area contributed by atoms with Crippen molar-refractivity contribution in [1.29, 1.82) is 0 Å².